The van der Waals surface area contributed by atoms with Gasteiger partial charge in [-0.25, -0.2) is 0 Å². The summed E-state index contributed by atoms with van der Waals surface area (Å²) in [7, 11) is 1.84. The Kier molecular flexibility index (Phi) is 7.84. The van der Waals surface area contributed by atoms with Gasteiger partial charge in [0, 0.05) is 23.3 Å². The zero-order valence-corrected chi connectivity index (χ0v) is 14.7. The van der Waals surface area contributed by atoms with E-state index >= 15 is 0 Å². The van der Waals surface area contributed by atoms with Crippen molar-refractivity contribution in [1.29, 1.82) is 0 Å². The summed E-state index contributed by atoms with van der Waals surface area (Å²) in [6.07, 6.45) is 1.49. The standard InChI is InChI=1S/C18H19ClN2O.CH4.H2S/c1-20-12-17(22)18(14-6-8-15(19)9-7-14)21-11-10-13-4-2-3-5-16(13)21;;/h2-11,17-18,20,22H,12H2,1H3;1H4;1H2/t17-,18+;;/m1../s1. The van der Waals surface area contributed by atoms with Crippen LogP contribution in [0.2, 0.25) is 5.02 Å². The summed E-state index contributed by atoms with van der Waals surface area (Å²) in [6, 6.07) is 17.8. The lowest BCUT2D eigenvalue weighted by Crippen LogP contribution is -2.33. The highest BCUT2D eigenvalue weighted by Crippen LogP contribution is 2.28. The molecule has 0 aliphatic carbocycles. The lowest BCUT2D eigenvalue weighted by atomic mass is 10.0. The fourth-order valence-corrected chi connectivity index (χ4v) is 3.02. The first kappa shape index (κ1) is 20.6. The summed E-state index contributed by atoms with van der Waals surface area (Å²) in [5, 5.41) is 15.6. The van der Waals surface area contributed by atoms with Gasteiger partial charge in [-0.1, -0.05) is 49.4 Å². The normalized spacial score (nSPS) is 13.0. The van der Waals surface area contributed by atoms with Gasteiger partial charge in [-0.05, 0) is 42.3 Å². The van der Waals surface area contributed by atoms with Gasteiger partial charge in [0.25, 0.3) is 0 Å². The molecule has 0 aliphatic heterocycles. The molecule has 0 unspecified atom stereocenters. The van der Waals surface area contributed by atoms with Crippen LogP contribution in [-0.4, -0.2) is 29.4 Å². The van der Waals surface area contributed by atoms with E-state index in [-0.39, 0.29) is 27.0 Å². The van der Waals surface area contributed by atoms with Crippen molar-refractivity contribution in [3.8, 4) is 0 Å². The van der Waals surface area contributed by atoms with Crippen molar-refractivity contribution in [1.82, 2.24) is 9.88 Å². The Bertz CT molecular complexity index is 757. The van der Waals surface area contributed by atoms with Gasteiger partial charge in [0.15, 0.2) is 0 Å². The highest BCUT2D eigenvalue weighted by molar-refractivity contribution is 7.59. The lowest BCUT2D eigenvalue weighted by molar-refractivity contribution is 0.132. The van der Waals surface area contributed by atoms with Gasteiger partial charge >= 0.3 is 0 Å². The van der Waals surface area contributed by atoms with E-state index in [2.05, 4.69) is 28.1 Å². The van der Waals surface area contributed by atoms with Crippen molar-refractivity contribution < 1.29 is 5.11 Å². The molecule has 130 valence electrons. The Morgan fingerprint density at radius 2 is 1.75 bits per heavy atom. The van der Waals surface area contributed by atoms with Crippen LogP contribution < -0.4 is 5.32 Å². The minimum absolute atomic E-state index is 0. The zero-order valence-electron chi connectivity index (χ0n) is 12.9. The van der Waals surface area contributed by atoms with Gasteiger partial charge in [-0.3, -0.25) is 0 Å². The molecule has 3 nitrogen and oxygen atoms in total. The van der Waals surface area contributed by atoms with E-state index in [0.717, 1.165) is 16.5 Å². The van der Waals surface area contributed by atoms with Crippen LogP contribution in [0.5, 0.6) is 0 Å². The second-order valence-electron chi connectivity index (χ2n) is 5.40. The molecule has 0 fully saturated rings. The van der Waals surface area contributed by atoms with Gasteiger partial charge in [0.1, 0.15) is 0 Å². The van der Waals surface area contributed by atoms with Gasteiger partial charge in [-0.15, -0.1) is 0 Å². The number of rotatable bonds is 5. The van der Waals surface area contributed by atoms with E-state index in [1.54, 1.807) is 0 Å². The van der Waals surface area contributed by atoms with Crippen LogP contribution in [0.15, 0.2) is 60.8 Å². The van der Waals surface area contributed by atoms with Gasteiger partial charge in [0.2, 0.25) is 0 Å². The lowest BCUT2D eigenvalue weighted by Gasteiger charge is -2.26. The molecule has 0 bridgehead atoms. The average molecular weight is 365 g/mol. The van der Waals surface area contributed by atoms with Gasteiger partial charge in [-0.2, -0.15) is 13.5 Å². The third-order valence-corrected chi connectivity index (χ3v) is 4.17. The molecule has 2 aromatic carbocycles. The maximum absolute atomic E-state index is 10.6. The first-order chi connectivity index (χ1) is 10.7. The molecule has 3 aromatic rings. The predicted octanol–water partition coefficient (Wildman–Crippen LogP) is 4.21. The minimum atomic E-state index is -0.540. The molecule has 3 rings (SSSR count). The summed E-state index contributed by atoms with van der Waals surface area (Å²) in [6.45, 7) is 0.514. The van der Waals surface area contributed by atoms with Crippen molar-refractivity contribution in [3.05, 3.63) is 71.4 Å². The van der Waals surface area contributed by atoms with Crippen LogP contribution in [0.1, 0.15) is 19.0 Å². The highest BCUT2D eigenvalue weighted by atomic mass is 35.5. The van der Waals surface area contributed by atoms with E-state index in [9.17, 15) is 5.11 Å². The molecule has 0 aliphatic rings. The first-order valence-corrected chi connectivity index (χ1v) is 7.72. The van der Waals surface area contributed by atoms with Crippen LogP contribution in [0.4, 0.5) is 0 Å². The maximum atomic E-state index is 10.6. The summed E-state index contributed by atoms with van der Waals surface area (Å²) in [5.74, 6) is 0. The quantitative estimate of drug-likeness (QED) is 0.711. The smallest absolute Gasteiger partial charge is 0.0912 e. The molecule has 2 N–H and O–H groups in total. The van der Waals surface area contributed by atoms with Crippen LogP contribution >= 0.6 is 25.1 Å². The molecule has 1 aromatic heterocycles. The van der Waals surface area contributed by atoms with Crippen molar-refractivity contribution >= 4 is 36.0 Å². The number of aliphatic hydroxyl groups is 1. The van der Waals surface area contributed by atoms with Crippen LogP contribution in [-0.2, 0) is 0 Å². The van der Waals surface area contributed by atoms with Crippen molar-refractivity contribution in [2.24, 2.45) is 0 Å². The summed E-state index contributed by atoms with van der Waals surface area (Å²) >= 11 is 6.00. The van der Waals surface area contributed by atoms with Crippen molar-refractivity contribution in [2.45, 2.75) is 19.6 Å². The third kappa shape index (κ3) is 4.14. The molecule has 24 heavy (non-hydrogen) atoms. The Hall–Kier alpha value is -1.46. The van der Waals surface area contributed by atoms with Crippen molar-refractivity contribution in [3.63, 3.8) is 0 Å². The number of benzene rings is 2. The number of hydrogen-bond donors (Lipinski definition) is 2. The second-order valence-corrected chi connectivity index (χ2v) is 5.84. The molecule has 1 heterocycles. The number of fused-ring (bicyclic) bond motifs is 1. The molecule has 0 spiro atoms. The molecular formula is C19H25ClN2OS. The fourth-order valence-electron chi connectivity index (χ4n) is 2.90. The number of aliphatic hydroxyl groups excluding tert-OH is 1. The molecule has 0 radical (unpaired) electrons. The minimum Gasteiger partial charge on any atom is -0.389 e. The van der Waals surface area contributed by atoms with E-state index in [1.165, 1.54) is 0 Å². The SMILES string of the molecule is C.CNC[C@@H](O)[C@H](c1ccc(Cl)cc1)n1ccc2ccccc21.S. The molecule has 0 amide bonds. The average Bonchev–Trinajstić information content (AvgIpc) is 2.94. The first-order valence-electron chi connectivity index (χ1n) is 7.34. The van der Waals surface area contributed by atoms with E-state index in [0.29, 0.717) is 11.6 Å². The van der Waals surface area contributed by atoms with Crippen LogP contribution in [0.3, 0.4) is 0 Å². The Balaban J connectivity index is 0.00000144. The molecular weight excluding hydrogens is 340 g/mol. The van der Waals surface area contributed by atoms with E-state index < -0.39 is 6.10 Å². The number of nitrogens with one attached hydrogen (secondary N) is 1. The molecule has 5 heteroatoms. The van der Waals surface area contributed by atoms with E-state index in [1.807, 2.05) is 49.6 Å². The number of hydrogen-bond acceptors (Lipinski definition) is 2. The summed E-state index contributed by atoms with van der Waals surface area (Å²) < 4.78 is 2.13. The Morgan fingerprint density at radius 3 is 2.42 bits per heavy atom. The fraction of sp³-hybridized carbons (Fsp3) is 0.263. The Labute approximate surface area is 155 Å². The zero-order chi connectivity index (χ0) is 15.5. The number of aromatic nitrogens is 1. The monoisotopic (exact) mass is 364 g/mol. The third-order valence-electron chi connectivity index (χ3n) is 3.92. The number of nitrogens with zero attached hydrogens (tertiary/aromatic N) is 1. The predicted molar refractivity (Wildman–Crippen MR) is 109 cm³/mol. The highest BCUT2D eigenvalue weighted by Gasteiger charge is 2.23. The molecule has 0 saturated heterocycles. The number of likely N-dealkylation sites (N-methyl/N-ethyl adjacent to an activating group) is 1. The molecule has 2 atom stereocenters. The number of para-hydroxylation sites is 1. The van der Waals surface area contributed by atoms with Gasteiger partial charge in [0.05, 0.1) is 12.1 Å². The number of halogens is 1. The Morgan fingerprint density at radius 1 is 1.08 bits per heavy atom. The summed E-state index contributed by atoms with van der Waals surface area (Å²) in [5.41, 5.74) is 2.14. The largest absolute Gasteiger partial charge is 0.389 e. The van der Waals surface area contributed by atoms with Crippen LogP contribution in [0.25, 0.3) is 10.9 Å². The maximum Gasteiger partial charge on any atom is 0.0912 e. The second kappa shape index (κ2) is 9.14. The van der Waals surface area contributed by atoms with Crippen molar-refractivity contribution in [2.75, 3.05) is 13.6 Å². The molecule has 0 saturated carbocycles. The van der Waals surface area contributed by atoms with Gasteiger partial charge < -0.3 is 15.0 Å². The van der Waals surface area contributed by atoms with Crippen LogP contribution in [0, 0.1) is 0 Å². The van der Waals surface area contributed by atoms with E-state index in [4.69, 9.17) is 11.6 Å². The summed E-state index contributed by atoms with van der Waals surface area (Å²) in [4.78, 5) is 0. The topological polar surface area (TPSA) is 37.2 Å².